The summed E-state index contributed by atoms with van der Waals surface area (Å²) in [5, 5.41) is 0. The SMILES string of the molecule is CC/N=C(/C)N(C)C. The molecule has 0 aliphatic rings. The molecule has 8 heavy (non-hydrogen) atoms. The third kappa shape index (κ3) is 2.61. The molecule has 0 aromatic rings. The van der Waals surface area contributed by atoms with Gasteiger partial charge in [0.05, 0.1) is 5.84 Å². The van der Waals surface area contributed by atoms with Crippen molar-refractivity contribution in [2.24, 2.45) is 4.99 Å². The van der Waals surface area contributed by atoms with E-state index < -0.39 is 0 Å². The summed E-state index contributed by atoms with van der Waals surface area (Å²) in [7, 11) is 3.99. The van der Waals surface area contributed by atoms with E-state index in [0.29, 0.717) is 0 Å². The number of rotatable bonds is 1. The summed E-state index contributed by atoms with van der Waals surface area (Å²) in [5.41, 5.74) is 0. The lowest BCUT2D eigenvalue weighted by Gasteiger charge is -2.09. The van der Waals surface area contributed by atoms with Crippen LogP contribution in [-0.2, 0) is 0 Å². The fourth-order valence-electron chi connectivity index (χ4n) is 0.370. The van der Waals surface area contributed by atoms with Gasteiger partial charge in [0.1, 0.15) is 0 Å². The highest BCUT2D eigenvalue weighted by Gasteiger charge is 1.87. The van der Waals surface area contributed by atoms with Gasteiger partial charge in [0, 0.05) is 20.6 Å². The van der Waals surface area contributed by atoms with Crippen molar-refractivity contribution in [3.63, 3.8) is 0 Å². The first-order valence-electron chi connectivity index (χ1n) is 2.86. The van der Waals surface area contributed by atoms with Crippen molar-refractivity contribution in [2.45, 2.75) is 13.8 Å². The van der Waals surface area contributed by atoms with Crippen LogP contribution in [0.2, 0.25) is 0 Å². The second-order valence-corrected chi connectivity index (χ2v) is 1.92. The van der Waals surface area contributed by atoms with E-state index in [4.69, 9.17) is 0 Å². The molecule has 0 radical (unpaired) electrons. The minimum Gasteiger partial charge on any atom is -0.367 e. The molecule has 0 N–H and O–H groups in total. The van der Waals surface area contributed by atoms with Crippen molar-refractivity contribution in [1.82, 2.24) is 4.90 Å². The Morgan fingerprint density at radius 1 is 1.50 bits per heavy atom. The first-order chi connectivity index (χ1) is 3.68. The maximum atomic E-state index is 4.17. The smallest absolute Gasteiger partial charge is 0.0952 e. The molecule has 0 spiro atoms. The number of aliphatic imine (C=N–C) groups is 1. The zero-order valence-corrected chi connectivity index (χ0v) is 6.10. The molecule has 0 aromatic heterocycles. The molecule has 48 valence electrons. The van der Waals surface area contributed by atoms with Gasteiger partial charge >= 0.3 is 0 Å². The topological polar surface area (TPSA) is 15.6 Å². The first-order valence-corrected chi connectivity index (χ1v) is 2.86. The van der Waals surface area contributed by atoms with Crippen molar-refractivity contribution in [1.29, 1.82) is 0 Å². The summed E-state index contributed by atoms with van der Waals surface area (Å²) in [4.78, 5) is 6.17. The summed E-state index contributed by atoms with van der Waals surface area (Å²) in [6.45, 7) is 4.92. The van der Waals surface area contributed by atoms with Gasteiger partial charge in [0.15, 0.2) is 0 Å². The highest BCUT2D eigenvalue weighted by molar-refractivity contribution is 5.78. The molecule has 0 amide bonds. The van der Waals surface area contributed by atoms with Gasteiger partial charge in [-0.15, -0.1) is 0 Å². The average Bonchev–Trinajstić information content (AvgIpc) is 1.67. The average molecular weight is 114 g/mol. The van der Waals surface area contributed by atoms with Crippen LogP contribution in [0.25, 0.3) is 0 Å². The molecule has 2 nitrogen and oxygen atoms in total. The van der Waals surface area contributed by atoms with Crippen LogP contribution >= 0.6 is 0 Å². The molecule has 0 aliphatic heterocycles. The van der Waals surface area contributed by atoms with Crippen LogP contribution in [0.1, 0.15) is 13.8 Å². The Labute approximate surface area is 51.2 Å². The van der Waals surface area contributed by atoms with Crippen LogP contribution in [0.5, 0.6) is 0 Å². The zero-order valence-electron chi connectivity index (χ0n) is 6.10. The molecular weight excluding hydrogens is 100 g/mol. The maximum absolute atomic E-state index is 4.17. The number of amidine groups is 1. The molecule has 0 heterocycles. The molecule has 0 saturated heterocycles. The van der Waals surface area contributed by atoms with Crippen LogP contribution in [0.3, 0.4) is 0 Å². The van der Waals surface area contributed by atoms with Crippen LogP contribution in [0.4, 0.5) is 0 Å². The van der Waals surface area contributed by atoms with Gasteiger partial charge in [-0.3, -0.25) is 4.99 Å². The molecule has 0 aliphatic carbocycles. The van der Waals surface area contributed by atoms with Crippen LogP contribution < -0.4 is 0 Å². The van der Waals surface area contributed by atoms with Crippen LogP contribution in [0, 0.1) is 0 Å². The van der Waals surface area contributed by atoms with E-state index in [1.54, 1.807) is 0 Å². The summed E-state index contributed by atoms with van der Waals surface area (Å²) < 4.78 is 0. The van der Waals surface area contributed by atoms with Crippen molar-refractivity contribution in [3.05, 3.63) is 0 Å². The normalized spacial score (nSPS) is 11.8. The quantitative estimate of drug-likeness (QED) is 0.366. The monoisotopic (exact) mass is 114 g/mol. The summed E-state index contributed by atoms with van der Waals surface area (Å²) in [6, 6.07) is 0. The summed E-state index contributed by atoms with van der Waals surface area (Å²) in [6.07, 6.45) is 0. The fourth-order valence-corrected chi connectivity index (χ4v) is 0.370. The van der Waals surface area contributed by atoms with E-state index in [1.807, 2.05) is 32.8 Å². The van der Waals surface area contributed by atoms with Gasteiger partial charge in [-0.25, -0.2) is 0 Å². The predicted octanol–water partition coefficient (Wildman–Crippen LogP) is 0.986. The first kappa shape index (κ1) is 7.47. The van der Waals surface area contributed by atoms with Gasteiger partial charge in [0.25, 0.3) is 0 Å². The standard InChI is InChI=1S/C6H14N2/c1-5-7-6(2)8(3)4/h5H2,1-4H3/b7-6-. The van der Waals surface area contributed by atoms with Gasteiger partial charge in [-0.1, -0.05) is 0 Å². The van der Waals surface area contributed by atoms with Gasteiger partial charge < -0.3 is 4.90 Å². The van der Waals surface area contributed by atoms with Gasteiger partial charge in [0.2, 0.25) is 0 Å². The third-order valence-electron chi connectivity index (χ3n) is 1.03. The van der Waals surface area contributed by atoms with Crippen molar-refractivity contribution in [2.75, 3.05) is 20.6 Å². The molecule has 0 saturated carbocycles. The van der Waals surface area contributed by atoms with Gasteiger partial charge in [-0.05, 0) is 13.8 Å². The van der Waals surface area contributed by atoms with E-state index in [1.165, 1.54) is 0 Å². The summed E-state index contributed by atoms with van der Waals surface area (Å²) >= 11 is 0. The van der Waals surface area contributed by atoms with E-state index in [2.05, 4.69) is 4.99 Å². The fraction of sp³-hybridized carbons (Fsp3) is 0.833. The lowest BCUT2D eigenvalue weighted by molar-refractivity contribution is 0.614. The predicted molar refractivity (Wildman–Crippen MR) is 37.3 cm³/mol. The Kier molecular flexibility index (Phi) is 3.24. The van der Waals surface area contributed by atoms with E-state index in [0.717, 1.165) is 12.4 Å². The van der Waals surface area contributed by atoms with E-state index in [9.17, 15) is 0 Å². The Balaban J connectivity index is 3.61. The Morgan fingerprint density at radius 3 is 2.12 bits per heavy atom. The summed E-state index contributed by atoms with van der Waals surface area (Å²) in [5.74, 6) is 1.09. The lowest BCUT2D eigenvalue weighted by Crippen LogP contribution is -2.18. The Bertz CT molecular complexity index is 84.5. The highest BCUT2D eigenvalue weighted by atomic mass is 15.1. The largest absolute Gasteiger partial charge is 0.367 e. The van der Waals surface area contributed by atoms with E-state index in [-0.39, 0.29) is 0 Å². The van der Waals surface area contributed by atoms with E-state index >= 15 is 0 Å². The molecular formula is C6H14N2. The van der Waals surface area contributed by atoms with Crippen molar-refractivity contribution >= 4 is 5.84 Å². The van der Waals surface area contributed by atoms with Crippen LogP contribution in [0.15, 0.2) is 4.99 Å². The van der Waals surface area contributed by atoms with Crippen molar-refractivity contribution in [3.8, 4) is 0 Å². The third-order valence-corrected chi connectivity index (χ3v) is 1.03. The highest BCUT2D eigenvalue weighted by Crippen LogP contribution is 1.80. The molecule has 0 aromatic carbocycles. The second kappa shape index (κ2) is 3.47. The number of hydrogen-bond donors (Lipinski definition) is 0. The lowest BCUT2D eigenvalue weighted by atomic mass is 10.6. The Hall–Kier alpha value is -0.530. The van der Waals surface area contributed by atoms with Crippen LogP contribution in [-0.4, -0.2) is 31.4 Å². The van der Waals surface area contributed by atoms with Crippen molar-refractivity contribution < 1.29 is 0 Å². The number of nitrogens with zero attached hydrogens (tertiary/aromatic N) is 2. The minimum absolute atomic E-state index is 0.879. The van der Waals surface area contributed by atoms with Gasteiger partial charge in [-0.2, -0.15) is 0 Å². The molecule has 0 unspecified atom stereocenters. The second-order valence-electron chi connectivity index (χ2n) is 1.92. The molecule has 0 fully saturated rings. The molecule has 0 atom stereocenters. The minimum atomic E-state index is 0.879. The molecule has 2 heteroatoms. The maximum Gasteiger partial charge on any atom is 0.0952 e. The molecule has 0 rings (SSSR count). The zero-order chi connectivity index (χ0) is 6.57. The Morgan fingerprint density at radius 2 is 2.00 bits per heavy atom. The number of hydrogen-bond acceptors (Lipinski definition) is 1. The molecule has 0 bridgehead atoms.